The van der Waals surface area contributed by atoms with E-state index in [1.54, 1.807) is 11.8 Å². The molecule has 9 heteroatoms. The van der Waals surface area contributed by atoms with E-state index in [4.69, 9.17) is 21.4 Å². The molecule has 1 N–H and O–H groups in total. The number of rotatable bonds is 7. The number of carbonyl (C=O) groups is 1. The van der Waals surface area contributed by atoms with Crippen molar-refractivity contribution in [1.29, 1.82) is 0 Å². The van der Waals surface area contributed by atoms with Crippen molar-refractivity contribution in [1.82, 2.24) is 19.6 Å². The largest absolute Gasteiger partial charge is 0.497 e. The molecule has 33 heavy (non-hydrogen) atoms. The fourth-order valence-corrected chi connectivity index (χ4v) is 4.10. The van der Waals surface area contributed by atoms with Gasteiger partial charge in [-0.3, -0.25) is 14.6 Å². The number of anilines is 1. The van der Waals surface area contributed by atoms with Crippen LogP contribution in [0.1, 0.15) is 11.1 Å². The molecule has 2 heterocycles. The minimum Gasteiger partial charge on any atom is -0.497 e. The lowest BCUT2D eigenvalue weighted by atomic mass is 10.1. The lowest BCUT2D eigenvalue weighted by Crippen LogP contribution is -2.49. The van der Waals surface area contributed by atoms with Gasteiger partial charge in [-0.05, 0) is 61.5 Å². The van der Waals surface area contributed by atoms with Gasteiger partial charge in [0.1, 0.15) is 5.75 Å². The van der Waals surface area contributed by atoms with Crippen LogP contribution in [0.2, 0.25) is 0 Å². The third-order valence-electron chi connectivity index (χ3n) is 5.85. The Hall–Kier alpha value is -3.01. The van der Waals surface area contributed by atoms with Gasteiger partial charge in [0.05, 0.1) is 20.3 Å². The predicted molar refractivity (Wildman–Crippen MR) is 130 cm³/mol. The first-order valence-corrected chi connectivity index (χ1v) is 11.4. The number of methoxy groups -OCH3 is 1. The normalized spacial score (nSPS) is 14.9. The number of piperazine rings is 1. The molecule has 0 saturated carbocycles. The quantitative estimate of drug-likeness (QED) is 0.531. The maximum absolute atomic E-state index is 12.6. The van der Waals surface area contributed by atoms with E-state index in [0.29, 0.717) is 23.9 Å². The fourth-order valence-electron chi connectivity index (χ4n) is 3.92. The number of nitrogens with one attached hydrogen (secondary N) is 1. The summed E-state index contributed by atoms with van der Waals surface area (Å²) in [6, 6.07) is 13.5. The Morgan fingerprint density at radius 1 is 1.06 bits per heavy atom. The van der Waals surface area contributed by atoms with E-state index in [1.807, 2.05) is 56.3 Å². The number of carbonyl (C=O) groups excluding carboxylic acids is 1. The Labute approximate surface area is 198 Å². The molecular weight excluding hydrogens is 438 g/mol. The minimum atomic E-state index is 0.0173. The molecule has 0 radical (unpaired) electrons. The zero-order valence-corrected chi connectivity index (χ0v) is 20.0. The van der Waals surface area contributed by atoms with Crippen molar-refractivity contribution in [3.8, 4) is 17.2 Å². The van der Waals surface area contributed by atoms with Gasteiger partial charge in [-0.2, -0.15) is 0 Å². The highest BCUT2D eigenvalue weighted by atomic mass is 32.1. The Balaban J connectivity index is 1.29. The van der Waals surface area contributed by atoms with Crippen LogP contribution in [0, 0.1) is 18.7 Å². The van der Waals surface area contributed by atoms with Crippen LogP contribution in [0.4, 0.5) is 5.69 Å². The Kier molecular flexibility index (Phi) is 7.22. The van der Waals surface area contributed by atoms with E-state index >= 15 is 0 Å². The molecule has 3 aromatic rings. The van der Waals surface area contributed by atoms with Crippen LogP contribution in [-0.2, 0) is 11.5 Å². The zero-order chi connectivity index (χ0) is 23.4. The van der Waals surface area contributed by atoms with Gasteiger partial charge in [0.2, 0.25) is 11.8 Å². The number of nitrogens with zero attached hydrogens (tertiary/aromatic N) is 4. The van der Waals surface area contributed by atoms with Crippen molar-refractivity contribution >= 4 is 23.8 Å². The second-order valence-corrected chi connectivity index (χ2v) is 8.60. The maximum Gasteiger partial charge on any atom is 0.288 e. The van der Waals surface area contributed by atoms with E-state index in [0.717, 1.165) is 54.3 Å². The van der Waals surface area contributed by atoms with E-state index in [-0.39, 0.29) is 5.91 Å². The molecule has 4 rings (SSSR count). The monoisotopic (exact) mass is 467 g/mol. The Morgan fingerprint density at radius 3 is 2.33 bits per heavy atom. The maximum atomic E-state index is 12.6. The number of amides is 1. The summed E-state index contributed by atoms with van der Waals surface area (Å²) in [6.45, 7) is 8.21. The summed E-state index contributed by atoms with van der Waals surface area (Å²) in [5.41, 5.74) is 3.91. The van der Waals surface area contributed by atoms with Crippen LogP contribution in [0.3, 0.4) is 0 Å². The number of benzene rings is 2. The van der Waals surface area contributed by atoms with Crippen LogP contribution in [0.15, 0.2) is 46.9 Å². The van der Waals surface area contributed by atoms with Gasteiger partial charge < -0.3 is 14.5 Å². The van der Waals surface area contributed by atoms with Crippen LogP contribution in [0.5, 0.6) is 5.75 Å². The predicted octanol–water partition coefficient (Wildman–Crippen LogP) is 3.71. The fraction of sp³-hybridized carbons (Fsp3) is 0.375. The molecule has 8 nitrogen and oxygen atoms in total. The average Bonchev–Trinajstić information content (AvgIpc) is 3.18. The summed E-state index contributed by atoms with van der Waals surface area (Å²) < 4.78 is 12.6. The molecule has 174 valence electrons. The molecule has 1 saturated heterocycles. The molecule has 0 bridgehead atoms. The molecule has 1 amide bonds. The van der Waals surface area contributed by atoms with Gasteiger partial charge in [0, 0.05) is 37.4 Å². The number of hydrogen-bond donors (Lipinski definition) is 1. The lowest BCUT2D eigenvalue weighted by Gasteiger charge is -2.33. The summed E-state index contributed by atoms with van der Waals surface area (Å²) in [4.78, 5) is 17.3. The molecule has 1 aliphatic heterocycles. The number of para-hydroxylation sites is 1. The third-order valence-corrected chi connectivity index (χ3v) is 6.15. The molecule has 0 atom stereocenters. The molecule has 2 aromatic carbocycles. The molecule has 0 spiro atoms. The van der Waals surface area contributed by atoms with Crippen molar-refractivity contribution in [2.45, 2.75) is 20.5 Å². The van der Waals surface area contributed by atoms with Crippen molar-refractivity contribution in [2.75, 3.05) is 45.2 Å². The number of aryl methyl sites for hydroxylation is 2. The minimum absolute atomic E-state index is 0.0173. The molecule has 1 aliphatic rings. The topological polar surface area (TPSA) is 75.8 Å². The van der Waals surface area contributed by atoms with Gasteiger partial charge in [0.15, 0.2) is 0 Å². The average molecular weight is 468 g/mol. The summed E-state index contributed by atoms with van der Waals surface area (Å²) in [5.74, 6) is 1.28. The summed E-state index contributed by atoms with van der Waals surface area (Å²) >= 11 is 5.37. The molecule has 1 fully saturated rings. The second-order valence-electron chi connectivity index (χ2n) is 8.25. The SMILES string of the molecule is COc1ccc(-c2nn(CN3CCN(CC(=O)Nc4c(C)cccc4C)CC3)c(=S)o2)cc1. The number of aromatic nitrogens is 2. The van der Waals surface area contributed by atoms with Gasteiger partial charge in [-0.15, -0.1) is 5.10 Å². The summed E-state index contributed by atoms with van der Waals surface area (Å²) in [5, 5.41) is 7.61. The highest BCUT2D eigenvalue weighted by Crippen LogP contribution is 2.22. The van der Waals surface area contributed by atoms with Crippen molar-refractivity contribution in [3.63, 3.8) is 0 Å². The highest BCUT2D eigenvalue weighted by Gasteiger charge is 2.21. The van der Waals surface area contributed by atoms with Gasteiger partial charge >= 0.3 is 0 Å². The van der Waals surface area contributed by atoms with Crippen molar-refractivity contribution in [2.24, 2.45) is 0 Å². The van der Waals surface area contributed by atoms with E-state index < -0.39 is 0 Å². The zero-order valence-electron chi connectivity index (χ0n) is 19.2. The van der Waals surface area contributed by atoms with E-state index in [9.17, 15) is 4.79 Å². The number of ether oxygens (including phenoxy) is 1. The van der Waals surface area contributed by atoms with Gasteiger partial charge in [-0.1, -0.05) is 18.2 Å². The second kappa shape index (κ2) is 10.3. The van der Waals surface area contributed by atoms with Crippen molar-refractivity contribution in [3.05, 3.63) is 58.4 Å². The van der Waals surface area contributed by atoms with Crippen LogP contribution >= 0.6 is 12.2 Å². The molecular formula is C24H29N5O3S. The Morgan fingerprint density at radius 2 is 1.70 bits per heavy atom. The first-order valence-electron chi connectivity index (χ1n) is 11.0. The van der Waals surface area contributed by atoms with Gasteiger partial charge in [-0.25, -0.2) is 4.68 Å². The van der Waals surface area contributed by atoms with Crippen LogP contribution in [0.25, 0.3) is 11.5 Å². The van der Waals surface area contributed by atoms with Crippen LogP contribution < -0.4 is 10.1 Å². The molecule has 0 aliphatic carbocycles. The third kappa shape index (κ3) is 5.68. The van der Waals surface area contributed by atoms with Crippen LogP contribution in [-0.4, -0.2) is 65.3 Å². The molecule has 0 unspecified atom stereocenters. The lowest BCUT2D eigenvalue weighted by molar-refractivity contribution is -0.117. The first-order chi connectivity index (χ1) is 15.9. The summed E-state index contributed by atoms with van der Waals surface area (Å²) in [7, 11) is 1.63. The Bertz CT molecular complexity index is 1140. The van der Waals surface area contributed by atoms with Crippen molar-refractivity contribution < 1.29 is 13.9 Å². The summed E-state index contributed by atoms with van der Waals surface area (Å²) in [6.07, 6.45) is 0. The van der Waals surface area contributed by atoms with E-state index in [1.165, 1.54) is 0 Å². The number of hydrogen-bond acceptors (Lipinski definition) is 7. The highest BCUT2D eigenvalue weighted by molar-refractivity contribution is 7.71. The van der Waals surface area contributed by atoms with Gasteiger partial charge in [0.25, 0.3) is 4.84 Å². The smallest absolute Gasteiger partial charge is 0.288 e. The van der Waals surface area contributed by atoms with E-state index in [2.05, 4.69) is 20.2 Å². The standard InChI is InChI=1S/C24H29N5O3S/c1-17-5-4-6-18(2)22(17)25-21(30)15-27-11-13-28(14-12-27)16-29-24(33)32-23(26-29)19-7-9-20(31-3)10-8-19/h4-10H,11-16H2,1-3H3,(H,25,30). The first kappa shape index (κ1) is 23.2. The molecule has 1 aromatic heterocycles.